The second-order valence-corrected chi connectivity index (χ2v) is 14.0. The van der Waals surface area contributed by atoms with Crippen LogP contribution < -0.4 is 14.8 Å². The molecule has 2 saturated heterocycles. The number of aliphatic hydroxyl groups is 1. The summed E-state index contributed by atoms with van der Waals surface area (Å²) in [5.41, 5.74) is 1.48. The van der Waals surface area contributed by atoms with Gasteiger partial charge >= 0.3 is 0 Å². The van der Waals surface area contributed by atoms with Crippen LogP contribution in [0.2, 0.25) is 0 Å². The van der Waals surface area contributed by atoms with E-state index < -0.39 is 26.2 Å². The van der Waals surface area contributed by atoms with Gasteiger partial charge in [0.1, 0.15) is 18.5 Å². The van der Waals surface area contributed by atoms with Crippen molar-refractivity contribution < 1.29 is 31.4 Å². The number of nitrogens with zero attached hydrogens (tertiary/aromatic N) is 1. The third-order valence-electron chi connectivity index (χ3n) is 7.14. The highest BCUT2D eigenvalue weighted by atomic mass is 32.2. The van der Waals surface area contributed by atoms with Crippen molar-refractivity contribution in [2.45, 2.75) is 60.6 Å². The SMILES string of the molecule is CNS(=O)(=O)c1cccc(OC[C@@H](O)CNC2COC3(CCN(S(=O)(=O)c4cc(C)cc(C)c4)CC3)C2)c1. The molecule has 10 nitrogen and oxygen atoms in total. The van der Waals surface area contributed by atoms with Gasteiger partial charge in [0, 0.05) is 31.7 Å². The van der Waals surface area contributed by atoms with Crippen molar-refractivity contribution in [1.82, 2.24) is 14.3 Å². The number of rotatable bonds is 10. The molecule has 0 aliphatic carbocycles. The highest BCUT2D eigenvalue weighted by molar-refractivity contribution is 7.89. The molecule has 2 heterocycles. The predicted molar refractivity (Wildman–Crippen MR) is 143 cm³/mol. The van der Waals surface area contributed by atoms with Gasteiger partial charge in [0.15, 0.2) is 0 Å². The first-order valence-corrected chi connectivity index (χ1v) is 15.7. The molecule has 38 heavy (non-hydrogen) atoms. The average Bonchev–Trinajstić information content (AvgIpc) is 3.28. The second kappa shape index (κ2) is 11.6. The van der Waals surface area contributed by atoms with Crippen molar-refractivity contribution in [2.75, 3.05) is 39.9 Å². The van der Waals surface area contributed by atoms with E-state index in [1.165, 1.54) is 19.2 Å². The molecule has 2 aliphatic heterocycles. The minimum atomic E-state index is -3.58. The fourth-order valence-electron chi connectivity index (χ4n) is 5.09. The van der Waals surface area contributed by atoms with E-state index in [1.54, 1.807) is 28.6 Å². The maximum absolute atomic E-state index is 13.2. The topological polar surface area (TPSA) is 134 Å². The smallest absolute Gasteiger partial charge is 0.243 e. The van der Waals surface area contributed by atoms with Crippen LogP contribution in [0.5, 0.6) is 5.75 Å². The van der Waals surface area contributed by atoms with Crippen molar-refractivity contribution in [2.24, 2.45) is 0 Å². The lowest BCUT2D eigenvalue weighted by molar-refractivity contribution is -0.0312. The van der Waals surface area contributed by atoms with Crippen LogP contribution >= 0.6 is 0 Å². The molecule has 3 N–H and O–H groups in total. The third-order valence-corrected chi connectivity index (χ3v) is 10.4. The Balaban J connectivity index is 1.24. The van der Waals surface area contributed by atoms with Gasteiger partial charge in [-0.3, -0.25) is 0 Å². The van der Waals surface area contributed by atoms with Crippen LogP contribution in [0.3, 0.4) is 0 Å². The predicted octanol–water partition coefficient (Wildman–Crippen LogP) is 1.55. The van der Waals surface area contributed by atoms with E-state index in [0.717, 1.165) is 17.5 Å². The van der Waals surface area contributed by atoms with Crippen molar-refractivity contribution >= 4 is 20.0 Å². The molecule has 0 bridgehead atoms. The van der Waals surface area contributed by atoms with Gasteiger partial charge in [-0.05, 0) is 75.5 Å². The van der Waals surface area contributed by atoms with E-state index >= 15 is 0 Å². The summed E-state index contributed by atoms with van der Waals surface area (Å²) in [5, 5.41) is 13.7. The van der Waals surface area contributed by atoms with E-state index in [9.17, 15) is 21.9 Å². The summed E-state index contributed by atoms with van der Waals surface area (Å²) in [4.78, 5) is 0.427. The normalized spacial score (nSPS) is 21.0. The zero-order valence-electron chi connectivity index (χ0n) is 22.0. The summed E-state index contributed by atoms with van der Waals surface area (Å²) < 4.78 is 65.8. The molecule has 2 fully saturated rings. The molecule has 4 rings (SSSR count). The van der Waals surface area contributed by atoms with Gasteiger partial charge in [0.05, 0.1) is 22.0 Å². The summed E-state index contributed by atoms with van der Waals surface area (Å²) in [6.07, 6.45) is 1.17. The summed E-state index contributed by atoms with van der Waals surface area (Å²) in [7, 11) is -5.79. The molecular formula is C26H37N3O7S2. The molecular weight excluding hydrogens is 530 g/mol. The fraction of sp³-hybridized carbons (Fsp3) is 0.538. The Morgan fingerprint density at radius 3 is 2.42 bits per heavy atom. The zero-order valence-corrected chi connectivity index (χ0v) is 23.6. The second-order valence-electron chi connectivity index (χ2n) is 10.2. The van der Waals surface area contributed by atoms with Crippen LogP contribution in [0, 0.1) is 13.8 Å². The highest BCUT2D eigenvalue weighted by Gasteiger charge is 2.44. The molecule has 2 aromatic rings. The minimum Gasteiger partial charge on any atom is -0.491 e. The maximum Gasteiger partial charge on any atom is 0.243 e. The van der Waals surface area contributed by atoms with Crippen LogP contribution in [0.4, 0.5) is 0 Å². The first-order chi connectivity index (χ1) is 17.9. The number of aryl methyl sites for hydroxylation is 2. The van der Waals surface area contributed by atoms with Crippen LogP contribution in [-0.4, -0.2) is 83.9 Å². The van der Waals surface area contributed by atoms with Gasteiger partial charge in [-0.25, -0.2) is 21.6 Å². The van der Waals surface area contributed by atoms with Gasteiger partial charge in [0.25, 0.3) is 0 Å². The number of nitrogens with one attached hydrogen (secondary N) is 2. The van der Waals surface area contributed by atoms with E-state index in [0.29, 0.717) is 43.2 Å². The van der Waals surface area contributed by atoms with Crippen LogP contribution in [0.1, 0.15) is 30.4 Å². The molecule has 2 atom stereocenters. The number of ether oxygens (including phenoxy) is 2. The molecule has 2 aliphatic rings. The van der Waals surface area contributed by atoms with E-state index in [-0.39, 0.29) is 29.7 Å². The molecule has 12 heteroatoms. The number of piperidine rings is 1. The third kappa shape index (κ3) is 6.74. The number of benzene rings is 2. The summed E-state index contributed by atoms with van der Waals surface area (Å²) >= 11 is 0. The Morgan fingerprint density at radius 1 is 1.08 bits per heavy atom. The summed E-state index contributed by atoms with van der Waals surface area (Å²) in [5.74, 6) is 0.353. The van der Waals surface area contributed by atoms with Crippen molar-refractivity contribution in [3.8, 4) is 5.75 Å². The van der Waals surface area contributed by atoms with Crippen molar-refractivity contribution in [3.05, 3.63) is 53.6 Å². The lowest BCUT2D eigenvalue weighted by Crippen LogP contribution is -2.47. The lowest BCUT2D eigenvalue weighted by atomic mass is 9.88. The number of hydrogen-bond donors (Lipinski definition) is 3. The molecule has 1 unspecified atom stereocenters. The van der Waals surface area contributed by atoms with Crippen molar-refractivity contribution in [1.29, 1.82) is 0 Å². The Bertz CT molecular complexity index is 1320. The first-order valence-electron chi connectivity index (χ1n) is 12.7. The zero-order chi connectivity index (χ0) is 27.6. The number of hydrogen-bond acceptors (Lipinski definition) is 8. The standard InChI is InChI=1S/C26H37N3O7S2/c1-19-11-20(2)13-25(12-19)38(33,34)29-9-7-26(8-10-29)15-21(17-36-26)28-16-22(30)18-35-23-5-4-6-24(14-23)37(31,32)27-3/h4-6,11-14,21-22,27-28,30H,7-10,15-18H2,1-3H3/t21?,22-/m0/s1. The Kier molecular flexibility index (Phi) is 8.82. The van der Waals surface area contributed by atoms with Gasteiger partial charge in [-0.1, -0.05) is 12.1 Å². The highest BCUT2D eigenvalue weighted by Crippen LogP contribution is 2.37. The Labute approximate surface area is 225 Å². The Morgan fingerprint density at radius 2 is 1.76 bits per heavy atom. The number of sulfonamides is 2. The Hall–Kier alpha value is -2.06. The first kappa shape index (κ1) is 28.9. The molecule has 210 valence electrons. The van der Waals surface area contributed by atoms with Gasteiger partial charge in [-0.15, -0.1) is 0 Å². The molecule has 1 spiro atoms. The maximum atomic E-state index is 13.2. The summed E-state index contributed by atoms with van der Waals surface area (Å²) in [6, 6.07) is 11.5. The van der Waals surface area contributed by atoms with Gasteiger partial charge in [0.2, 0.25) is 20.0 Å². The van der Waals surface area contributed by atoms with Crippen molar-refractivity contribution in [3.63, 3.8) is 0 Å². The van der Waals surface area contributed by atoms with E-state index in [1.807, 2.05) is 19.9 Å². The number of aliphatic hydroxyl groups excluding tert-OH is 1. The quantitative estimate of drug-likeness (QED) is 0.394. The van der Waals surface area contributed by atoms with E-state index in [4.69, 9.17) is 9.47 Å². The fourth-order valence-corrected chi connectivity index (χ4v) is 7.49. The summed E-state index contributed by atoms with van der Waals surface area (Å²) in [6.45, 7) is 5.37. The monoisotopic (exact) mass is 567 g/mol. The largest absolute Gasteiger partial charge is 0.491 e. The lowest BCUT2D eigenvalue weighted by Gasteiger charge is -2.38. The molecule has 0 amide bonds. The molecule has 2 aromatic carbocycles. The van der Waals surface area contributed by atoms with Gasteiger partial charge < -0.3 is 19.9 Å². The van der Waals surface area contributed by atoms with Crippen LogP contribution in [-0.2, 0) is 24.8 Å². The van der Waals surface area contributed by atoms with E-state index in [2.05, 4.69) is 10.0 Å². The molecule has 0 radical (unpaired) electrons. The minimum absolute atomic E-state index is 0.0000284. The van der Waals surface area contributed by atoms with Crippen LogP contribution in [0.25, 0.3) is 0 Å². The van der Waals surface area contributed by atoms with Gasteiger partial charge in [-0.2, -0.15) is 4.31 Å². The average molecular weight is 568 g/mol. The van der Waals surface area contributed by atoms with Crippen LogP contribution in [0.15, 0.2) is 52.3 Å². The molecule has 0 aromatic heterocycles. The molecule has 0 saturated carbocycles.